The van der Waals surface area contributed by atoms with E-state index in [0.717, 1.165) is 6.07 Å². The molecule has 0 aliphatic rings. The van der Waals surface area contributed by atoms with Gasteiger partial charge in [0, 0.05) is 12.6 Å². The van der Waals surface area contributed by atoms with Crippen molar-refractivity contribution < 1.29 is 32.3 Å². The minimum absolute atomic E-state index is 0.273. The molecule has 31 heavy (non-hydrogen) atoms. The highest BCUT2D eigenvalue weighted by Crippen LogP contribution is 2.28. The summed E-state index contributed by atoms with van der Waals surface area (Å²) in [6.45, 7) is 2.34. The van der Waals surface area contributed by atoms with Gasteiger partial charge in [0.15, 0.2) is 17.5 Å². The fourth-order valence-corrected chi connectivity index (χ4v) is 2.54. The van der Waals surface area contributed by atoms with Gasteiger partial charge in [0.05, 0.1) is 25.0 Å². The van der Waals surface area contributed by atoms with Crippen LogP contribution in [0.3, 0.4) is 0 Å². The number of methoxy groups -OCH3 is 1. The van der Waals surface area contributed by atoms with Gasteiger partial charge in [-0.25, -0.2) is 13.2 Å². The van der Waals surface area contributed by atoms with Gasteiger partial charge in [-0.3, -0.25) is 14.4 Å². The van der Waals surface area contributed by atoms with E-state index in [4.69, 9.17) is 4.74 Å². The van der Waals surface area contributed by atoms with E-state index in [2.05, 4.69) is 21.3 Å². The zero-order valence-electron chi connectivity index (χ0n) is 16.9. The molecule has 1 atom stereocenters. The van der Waals surface area contributed by atoms with E-state index in [1.807, 2.05) is 0 Å². The number of carbonyl (C=O) groups is 3. The summed E-state index contributed by atoms with van der Waals surface area (Å²) in [4.78, 5) is 35.4. The molecule has 0 aliphatic carbocycles. The van der Waals surface area contributed by atoms with Gasteiger partial charge >= 0.3 is 0 Å². The summed E-state index contributed by atoms with van der Waals surface area (Å²) >= 11 is 0. The molecule has 0 aliphatic heterocycles. The van der Waals surface area contributed by atoms with Crippen LogP contribution in [0.25, 0.3) is 0 Å². The molecule has 0 radical (unpaired) electrons. The summed E-state index contributed by atoms with van der Waals surface area (Å²) in [6, 6.07) is 5.50. The molecule has 0 spiro atoms. The number of carbonyl (C=O) groups excluding carboxylic acids is 3. The minimum Gasteiger partial charge on any atom is -0.495 e. The van der Waals surface area contributed by atoms with Crippen molar-refractivity contribution in [2.45, 2.75) is 19.9 Å². The maximum absolute atomic E-state index is 13.6. The molecule has 4 N–H and O–H groups in total. The van der Waals surface area contributed by atoms with Gasteiger partial charge in [0.2, 0.25) is 17.7 Å². The van der Waals surface area contributed by atoms with Gasteiger partial charge in [-0.2, -0.15) is 0 Å². The smallest absolute Gasteiger partial charge is 0.243 e. The maximum Gasteiger partial charge on any atom is 0.243 e. The molecular weight excluding hydrogens is 417 g/mol. The third-order valence-electron chi connectivity index (χ3n) is 4.02. The number of hydrogen-bond acceptors (Lipinski definition) is 5. The zero-order valence-corrected chi connectivity index (χ0v) is 16.9. The number of hydrogen-bond donors (Lipinski definition) is 4. The van der Waals surface area contributed by atoms with Crippen LogP contribution >= 0.6 is 0 Å². The first-order valence-corrected chi connectivity index (χ1v) is 9.05. The van der Waals surface area contributed by atoms with E-state index in [-0.39, 0.29) is 5.91 Å². The molecule has 11 heteroatoms. The Morgan fingerprint density at radius 1 is 1.00 bits per heavy atom. The van der Waals surface area contributed by atoms with Gasteiger partial charge in [-0.05, 0) is 37.3 Å². The summed E-state index contributed by atoms with van der Waals surface area (Å²) in [5.74, 6) is -5.91. The standard InChI is InChI=1S/C20H21F3N4O4/c1-10(25-15-8-12(26-11(2)28)4-7-16(15)31-3)20(30)24-9-17(29)27-14-6-5-13(21)18(22)19(14)23/h4-8,10,25H,9H2,1-3H3,(H,24,30)(H,26,28)(H,27,29)/t10-/m1/s1. The highest BCUT2D eigenvalue weighted by Gasteiger charge is 2.18. The van der Waals surface area contributed by atoms with Crippen LogP contribution in [0.2, 0.25) is 0 Å². The van der Waals surface area contributed by atoms with Gasteiger partial charge < -0.3 is 26.0 Å². The predicted octanol–water partition coefficient (Wildman–Crippen LogP) is 2.63. The van der Waals surface area contributed by atoms with Crippen molar-refractivity contribution in [3.63, 3.8) is 0 Å². The molecule has 0 heterocycles. The van der Waals surface area contributed by atoms with Crippen LogP contribution in [0.1, 0.15) is 13.8 Å². The van der Waals surface area contributed by atoms with Crippen LogP contribution in [0.15, 0.2) is 30.3 Å². The number of ether oxygens (including phenoxy) is 1. The van der Waals surface area contributed by atoms with Crippen LogP contribution in [0.4, 0.5) is 30.2 Å². The van der Waals surface area contributed by atoms with E-state index >= 15 is 0 Å². The molecule has 0 bridgehead atoms. The Kier molecular flexibility index (Phi) is 7.83. The molecule has 8 nitrogen and oxygen atoms in total. The van der Waals surface area contributed by atoms with Gasteiger partial charge in [0.1, 0.15) is 11.8 Å². The van der Waals surface area contributed by atoms with Crippen molar-refractivity contribution in [1.82, 2.24) is 5.32 Å². The number of amides is 3. The Hall–Kier alpha value is -3.76. The number of anilines is 3. The first kappa shape index (κ1) is 23.5. The molecule has 0 unspecified atom stereocenters. The lowest BCUT2D eigenvalue weighted by Gasteiger charge is -2.18. The molecule has 2 rings (SSSR count). The largest absolute Gasteiger partial charge is 0.495 e. The van der Waals surface area contributed by atoms with E-state index in [1.165, 1.54) is 21.0 Å². The average Bonchev–Trinajstić information content (AvgIpc) is 2.72. The SMILES string of the molecule is COc1ccc(NC(C)=O)cc1N[C@H](C)C(=O)NCC(=O)Nc1ccc(F)c(F)c1F. The third kappa shape index (κ3) is 6.36. The molecule has 0 fully saturated rings. The van der Waals surface area contributed by atoms with E-state index in [9.17, 15) is 27.6 Å². The molecule has 0 saturated heterocycles. The van der Waals surface area contributed by atoms with Gasteiger partial charge in [-0.15, -0.1) is 0 Å². The highest BCUT2D eigenvalue weighted by atomic mass is 19.2. The number of benzene rings is 2. The molecule has 0 saturated carbocycles. The third-order valence-corrected chi connectivity index (χ3v) is 4.02. The summed E-state index contributed by atoms with van der Waals surface area (Å²) in [5, 5.41) is 9.89. The highest BCUT2D eigenvalue weighted by molar-refractivity contribution is 5.96. The van der Waals surface area contributed by atoms with Crippen molar-refractivity contribution in [2.75, 3.05) is 29.6 Å². The van der Waals surface area contributed by atoms with Crippen LogP contribution < -0.4 is 26.0 Å². The minimum atomic E-state index is -1.71. The summed E-state index contributed by atoms with van der Waals surface area (Å²) < 4.78 is 45.0. The van der Waals surface area contributed by atoms with E-state index in [1.54, 1.807) is 18.2 Å². The van der Waals surface area contributed by atoms with E-state index in [0.29, 0.717) is 23.2 Å². The Bertz CT molecular complexity index is 1000. The second-order valence-electron chi connectivity index (χ2n) is 6.45. The lowest BCUT2D eigenvalue weighted by Crippen LogP contribution is -2.41. The number of halogens is 3. The maximum atomic E-state index is 13.6. The van der Waals surface area contributed by atoms with Crippen molar-refractivity contribution in [3.05, 3.63) is 47.8 Å². The Morgan fingerprint density at radius 2 is 1.71 bits per heavy atom. The van der Waals surface area contributed by atoms with Gasteiger partial charge in [0.25, 0.3) is 0 Å². The first-order valence-electron chi connectivity index (χ1n) is 9.05. The zero-order chi connectivity index (χ0) is 23.1. The predicted molar refractivity (Wildman–Crippen MR) is 108 cm³/mol. The fourth-order valence-electron chi connectivity index (χ4n) is 2.54. The summed E-state index contributed by atoms with van der Waals surface area (Å²) in [6.07, 6.45) is 0. The van der Waals surface area contributed by atoms with E-state index < -0.39 is 47.5 Å². The van der Waals surface area contributed by atoms with Crippen LogP contribution in [0.5, 0.6) is 5.75 Å². The Balaban J connectivity index is 1.96. The normalized spacial score (nSPS) is 11.3. The monoisotopic (exact) mass is 438 g/mol. The first-order chi connectivity index (χ1) is 14.6. The number of rotatable bonds is 8. The Morgan fingerprint density at radius 3 is 2.35 bits per heavy atom. The van der Waals surface area contributed by atoms with Crippen LogP contribution in [-0.4, -0.2) is 37.4 Å². The summed E-state index contributed by atoms with van der Waals surface area (Å²) in [5.41, 5.74) is 0.352. The topological polar surface area (TPSA) is 109 Å². The molecule has 3 amide bonds. The molecule has 0 aromatic heterocycles. The molecule has 2 aromatic rings. The number of nitrogens with one attached hydrogen (secondary N) is 4. The average molecular weight is 438 g/mol. The lowest BCUT2D eigenvalue weighted by molar-refractivity contribution is -0.124. The van der Waals surface area contributed by atoms with Crippen molar-refractivity contribution in [2.24, 2.45) is 0 Å². The lowest BCUT2D eigenvalue weighted by atomic mass is 10.2. The van der Waals surface area contributed by atoms with Gasteiger partial charge in [-0.1, -0.05) is 0 Å². The summed E-state index contributed by atoms with van der Waals surface area (Å²) in [7, 11) is 1.44. The van der Waals surface area contributed by atoms with Crippen molar-refractivity contribution in [3.8, 4) is 5.75 Å². The molecular formula is C20H21F3N4O4. The second kappa shape index (κ2) is 10.3. The fraction of sp³-hybridized carbons (Fsp3) is 0.250. The van der Waals surface area contributed by atoms with Crippen LogP contribution in [0, 0.1) is 17.5 Å². The van der Waals surface area contributed by atoms with Crippen molar-refractivity contribution >= 4 is 34.8 Å². The molecule has 166 valence electrons. The second-order valence-corrected chi connectivity index (χ2v) is 6.45. The molecule has 2 aromatic carbocycles. The Labute approximate surface area is 176 Å². The van der Waals surface area contributed by atoms with Crippen LogP contribution in [-0.2, 0) is 14.4 Å². The van der Waals surface area contributed by atoms with Crippen molar-refractivity contribution in [1.29, 1.82) is 0 Å². The quantitative estimate of drug-likeness (QED) is 0.474.